The first kappa shape index (κ1) is 12.2. The van der Waals surface area contributed by atoms with Gasteiger partial charge in [0.15, 0.2) is 0 Å². The van der Waals surface area contributed by atoms with Gasteiger partial charge in [0, 0.05) is 0 Å². The molecule has 2 aliphatic carbocycles. The normalized spacial score (nSPS) is 37.2. The van der Waals surface area contributed by atoms with Crippen molar-refractivity contribution < 1.29 is 5.11 Å². The molecule has 1 heteroatoms. The SMILES string of the molecule is CC1=CCC(C(C)CC2CCCC2O)CC1. The number of hydrogen-bond acceptors (Lipinski definition) is 1. The minimum absolute atomic E-state index is 0.00307. The minimum Gasteiger partial charge on any atom is -0.393 e. The van der Waals surface area contributed by atoms with E-state index >= 15 is 0 Å². The standard InChI is InChI=1S/C15H26O/c1-11-6-8-13(9-7-11)12(2)10-14-4-3-5-15(14)16/h6,12-16H,3-5,7-10H2,1-2H3. The maximum Gasteiger partial charge on any atom is 0.0568 e. The van der Waals surface area contributed by atoms with Gasteiger partial charge >= 0.3 is 0 Å². The van der Waals surface area contributed by atoms with Crippen LogP contribution < -0.4 is 0 Å². The molecule has 0 amide bonds. The van der Waals surface area contributed by atoms with Gasteiger partial charge in [0.05, 0.1) is 6.10 Å². The molecule has 1 nitrogen and oxygen atoms in total. The van der Waals surface area contributed by atoms with Gasteiger partial charge in [0.25, 0.3) is 0 Å². The fraction of sp³-hybridized carbons (Fsp3) is 0.867. The predicted molar refractivity (Wildman–Crippen MR) is 68.2 cm³/mol. The third kappa shape index (κ3) is 2.88. The van der Waals surface area contributed by atoms with Crippen LogP contribution in [0.3, 0.4) is 0 Å². The summed E-state index contributed by atoms with van der Waals surface area (Å²) in [5.41, 5.74) is 1.57. The van der Waals surface area contributed by atoms with Gasteiger partial charge in [-0.2, -0.15) is 0 Å². The van der Waals surface area contributed by atoms with Crippen molar-refractivity contribution in [1.29, 1.82) is 0 Å². The summed E-state index contributed by atoms with van der Waals surface area (Å²) in [5.74, 6) is 2.26. The number of hydrogen-bond donors (Lipinski definition) is 1. The van der Waals surface area contributed by atoms with E-state index in [9.17, 15) is 5.11 Å². The Labute approximate surface area is 99.9 Å². The predicted octanol–water partition coefficient (Wildman–Crippen LogP) is 3.92. The van der Waals surface area contributed by atoms with E-state index in [4.69, 9.17) is 0 Å². The molecular weight excluding hydrogens is 196 g/mol. The quantitative estimate of drug-likeness (QED) is 0.718. The second-order valence-electron chi connectivity index (χ2n) is 6.06. The third-order valence-corrected chi connectivity index (χ3v) is 4.78. The van der Waals surface area contributed by atoms with Crippen molar-refractivity contribution in [3.05, 3.63) is 11.6 Å². The molecule has 0 heterocycles. The molecule has 0 aromatic rings. The van der Waals surface area contributed by atoms with Gasteiger partial charge in [0.2, 0.25) is 0 Å². The highest BCUT2D eigenvalue weighted by atomic mass is 16.3. The van der Waals surface area contributed by atoms with Crippen LogP contribution in [0.5, 0.6) is 0 Å². The van der Waals surface area contributed by atoms with Crippen LogP contribution >= 0.6 is 0 Å². The number of aliphatic hydroxyl groups is 1. The second-order valence-corrected chi connectivity index (χ2v) is 6.06. The highest BCUT2D eigenvalue weighted by Crippen LogP contribution is 2.37. The largest absolute Gasteiger partial charge is 0.393 e. The maximum absolute atomic E-state index is 9.87. The molecule has 1 fully saturated rings. The van der Waals surface area contributed by atoms with Gasteiger partial charge in [-0.1, -0.05) is 25.0 Å². The third-order valence-electron chi connectivity index (χ3n) is 4.78. The van der Waals surface area contributed by atoms with Crippen LogP contribution in [0.2, 0.25) is 0 Å². The molecule has 2 aliphatic rings. The summed E-state index contributed by atoms with van der Waals surface area (Å²) in [5, 5.41) is 9.87. The van der Waals surface area contributed by atoms with Crippen LogP contribution in [-0.4, -0.2) is 11.2 Å². The van der Waals surface area contributed by atoms with E-state index in [0.717, 1.165) is 18.3 Å². The van der Waals surface area contributed by atoms with Gasteiger partial charge in [-0.05, 0) is 63.2 Å². The smallest absolute Gasteiger partial charge is 0.0568 e. The summed E-state index contributed by atoms with van der Waals surface area (Å²) in [6.07, 6.45) is 11.2. The summed E-state index contributed by atoms with van der Waals surface area (Å²) in [6, 6.07) is 0. The van der Waals surface area contributed by atoms with E-state index in [1.807, 2.05) is 0 Å². The molecule has 0 spiro atoms. The van der Waals surface area contributed by atoms with Gasteiger partial charge in [-0.25, -0.2) is 0 Å². The summed E-state index contributed by atoms with van der Waals surface area (Å²) in [6.45, 7) is 4.64. The van der Waals surface area contributed by atoms with Gasteiger partial charge < -0.3 is 5.11 Å². The number of aliphatic hydroxyl groups excluding tert-OH is 1. The molecule has 4 unspecified atom stereocenters. The van der Waals surface area contributed by atoms with Crippen molar-refractivity contribution >= 4 is 0 Å². The monoisotopic (exact) mass is 222 g/mol. The van der Waals surface area contributed by atoms with E-state index in [2.05, 4.69) is 19.9 Å². The Hall–Kier alpha value is -0.300. The number of allylic oxidation sites excluding steroid dienone is 2. The lowest BCUT2D eigenvalue weighted by molar-refractivity contribution is 0.109. The van der Waals surface area contributed by atoms with Crippen molar-refractivity contribution in [3.8, 4) is 0 Å². The average molecular weight is 222 g/mol. The molecular formula is C15H26O. The van der Waals surface area contributed by atoms with Gasteiger partial charge in [-0.15, -0.1) is 0 Å². The van der Waals surface area contributed by atoms with Crippen LogP contribution in [0, 0.1) is 17.8 Å². The molecule has 0 saturated heterocycles. The summed E-state index contributed by atoms with van der Waals surface area (Å²) in [4.78, 5) is 0. The zero-order chi connectivity index (χ0) is 11.5. The highest BCUT2D eigenvalue weighted by molar-refractivity contribution is 5.03. The first-order chi connectivity index (χ1) is 7.66. The zero-order valence-corrected chi connectivity index (χ0v) is 10.8. The first-order valence-corrected chi connectivity index (χ1v) is 7.00. The molecule has 0 aromatic heterocycles. The topological polar surface area (TPSA) is 20.2 Å². The highest BCUT2D eigenvalue weighted by Gasteiger charge is 2.29. The van der Waals surface area contributed by atoms with E-state index in [0.29, 0.717) is 5.92 Å². The molecule has 0 aromatic carbocycles. The molecule has 1 N–H and O–H groups in total. The molecule has 0 radical (unpaired) electrons. The minimum atomic E-state index is 0.00307. The molecule has 1 saturated carbocycles. The molecule has 92 valence electrons. The first-order valence-electron chi connectivity index (χ1n) is 7.00. The van der Waals surface area contributed by atoms with E-state index < -0.39 is 0 Å². The van der Waals surface area contributed by atoms with Crippen molar-refractivity contribution in [3.63, 3.8) is 0 Å². The summed E-state index contributed by atoms with van der Waals surface area (Å²) >= 11 is 0. The Bertz CT molecular complexity index is 256. The van der Waals surface area contributed by atoms with Crippen LogP contribution in [0.25, 0.3) is 0 Å². The Kier molecular flexibility index (Phi) is 4.07. The van der Waals surface area contributed by atoms with Crippen LogP contribution in [0.4, 0.5) is 0 Å². The van der Waals surface area contributed by atoms with Crippen LogP contribution in [0.1, 0.15) is 58.8 Å². The Morgan fingerprint density at radius 2 is 2.19 bits per heavy atom. The second kappa shape index (κ2) is 5.35. The van der Waals surface area contributed by atoms with Crippen molar-refractivity contribution in [1.82, 2.24) is 0 Å². The fourth-order valence-corrected chi connectivity index (χ4v) is 3.46. The Morgan fingerprint density at radius 1 is 1.38 bits per heavy atom. The summed E-state index contributed by atoms with van der Waals surface area (Å²) < 4.78 is 0. The van der Waals surface area contributed by atoms with Crippen molar-refractivity contribution in [2.24, 2.45) is 17.8 Å². The Balaban J connectivity index is 1.81. The Morgan fingerprint density at radius 3 is 2.75 bits per heavy atom. The molecule has 2 rings (SSSR count). The van der Waals surface area contributed by atoms with Gasteiger partial charge in [-0.3, -0.25) is 0 Å². The molecule has 0 bridgehead atoms. The molecule has 0 aliphatic heterocycles. The summed E-state index contributed by atoms with van der Waals surface area (Å²) in [7, 11) is 0. The maximum atomic E-state index is 9.87. The van der Waals surface area contributed by atoms with Crippen molar-refractivity contribution in [2.45, 2.75) is 64.9 Å². The fourth-order valence-electron chi connectivity index (χ4n) is 3.46. The van der Waals surface area contributed by atoms with E-state index in [1.54, 1.807) is 5.57 Å². The lowest BCUT2D eigenvalue weighted by Gasteiger charge is -2.29. The average Bonchev–Trinajstić information content (AvgIpc) is 2.65. The van der Waals surface area contributed by atoms with E-state index in [1.165, 1.54) is 38.5 Å². The zero-order valence-electron chi connectivity index (χ0n) is 10.8. The van der Waals surface area contributed by atoms with E-state index in [-0.39, 0.29) is 6.10 Å². The lowest BCUT2D eigenvalue weighted by atomic mass is 9.77. The number of rotatable bonds is 3. The van der Waals surface area contributed by atoms with Gasteiger partial charge in [0.1, 0.15) is 0 Å². The van der Waals surface area contributed by atoms with Crippen LogP contribution in [0.15, 0.2) is 11.6 Å². The molecule has 4 atom stereocenters. The van der Waals surface area contributed by atoms with Crippen LogP contribution in [-0.2, 0) is 0 Å². The lowest BCUT2D eigenvalue weighted by Crippen LogP contribution is -2.21. The van der Waals surface area contributed by atoms with Crippen molar-refractivity contribution in [2.75, 3.05) is 0 Å². The molecule has 16 heavy (non-hydrogen) atoms.